The van der Waals surface area contributed by atoms with Crippen molar-refractivity contribution in [3.63, 3.8) is 0 Å². The predicted molar refractivity (Wildman–Crippen MR) is 59.5 cm³/mol. The molecule has 0 radical (unpaired) electrons. The van der Waals surface area contributed by atoms with E-state index in [9.17, 15) is 0 Å². The lowest BCUT2D eigenvalue weighted by Gasteiger charge is -1.97. The van der Waals surface area contributed by atoms with E-state index in [2.05, 4.69) is 49.9 Å². The number of aromatic amines is 1. The molecule has 0 atom stereocenters. The van der Waals surface area contributed by atoms with Gasteiger partial charge in [-0.1, -0.05) is 40.8 Å². The Kier molecular flexibility index (Phi) is 2.58. The van der Waals surface area contributed by atoms with E-state index in [4.69, 9.17) is 0 Å². The second-order valence-corrected chi connectivity index (χ2v) is 3.42. The molecule has 0 aliphatic carbocycles. The Labute approximate surface area is 89.7 Å². The van der Waals surface area contributed by atoms with Crippen molar-refractivity contribution in [3.05, 3.63) is 36.2 Å². The van der Waals surface area contributed by atoms with Gasteiger partial charge in [-0.25, -0.2) is 4.98 Å². The summed E-state index contributed by atoms with van der Waals surface area (Å²) in [5.41, 5.74) is 2.36. The Morgan fingerprint density at radius 3 is 3.00 bits per heavy atom. The summed E-state index contributed by atoms with van der Waals surface area (Å²) in [5, 5.41) is 6.73. The summed E-state index contributed by atoms with van der Waals surface area (Å²) in [4.78, 5) is 4.09. The SMILES string of the molecule is ICc1cccc(-c2nc[nH]n2)c1. The van der Waals surface area contributed by atoms with Crippen LogP contribution in [0.25, 0.3) is 11.4 Å². The predicted octanol–water partition coefficient (Wildman–Crippen LogP) is 2.41. The van der Waals surface area contributed by atoms with Gasteiger partial charge in [-0.15, -0.1) is 0 Å². The first-order chi connectivity index (χ1) is 6.40. The minimum atomic E-state index is 0.756. The van der Waals surface area contributed by atoms with Gasteiger partial charge in [0.15, 0.2) is 5.82 Å². The van der Waals surface area contributed by atoms with E-state index in [1.807, 2.05) is 12.1 Å². The summed E-state index contributed by atoms with van der Waals surface area (Å²) in [6.45, 7) is 0. The molecule has 4 heteroatoms. The third-order valence-electron chi connectivity index (χ3n) is 1.75. The van der Waals surface area contributed by atoms with Crippen molar-refractivity contribution < 1.29 is 0 Å². The molecule has 0 saturated heterocycles. The van der Waals surface area contributed by atoms with Crippen LogP contribution in [-0.2, 0) is 4.43 Å². The number of alkyl halides is 1. The van der Waals surface area contributed by atoms with E-state index in [-0.39, 0.29) is 0 Å². The van der Waals surface area contributed by atoms with Gasteiger partial charge in [0.05, 0.1) is 0 Å². The molecule has 0 aliphatic rings. The van der Waals surface area contributed by atoms with Crippen molar-refractivity contribution in [1.29, 1.82) is 0 Å². The van der Waals surface area contributed by atoms with E-state index in [0.29, 0.717) is 0 Å². The topological polar surface area (TPSA) is 41.6 Å². The molecule has 2 rings (SSSR count). The molecule has 13 heavy (non-hydrogen) atoms. The fourth-order valence-electron chi connectivity index (χ4n) is 1.14. The molecule has 66 valence electrons. The lowest BCUT2D eigenvalue weighted by molar-refractivity contribution is 1.09. The van der Waals surface area contributed by atoms with Gasteiger partial charge in [0.2, 0.25) is 0 Å². The van der Waals surface area contributed by atoms with Gasteiger partial charge in [-0.3, -0.25) is 5.10 Å². The molecule has 3 nitrogen and oxygen atoms in total. The molecular weight excluding hydrogens is 277 g/mol. The highest BCUT2D eigenvalue weighted by Crippen LogP contribution is 2.16. The maximum absolute atomic E-state index is 4.09. The van der Waals surface area contributed by atoms with Gasteiger partial charge in [0.1, 0.15) is 6.33 Å². The minimum absolute atomic E-state index is 0.756. The molecule has 0 bridgehead atoms. The fraction of sp³-hybridized carbons (Fsp3) is 0.111. The van der Waals surface area contributed by atoms with Crippen LogP contribution in [0.15, 0.2) is 30.6 Å². The van der Waals surface area contributed by atoms with Gasteiger partial charge in [-0.2, -0.15) is 5.10 Å². The molecule has 0 saturated carbocycles. The smallest absolute Gasteiger partial charge is 0.180 e. The minimum Gasteiger partial charge on any atom is -0.265 e. The van der Waals surface area contributed by atoms with Crippen molar-refractivity contribution in [2.45, 2.75) is 4.43 Å². The average molecular weight is 285 g/mol. The van der Waals surface area contributed by atoms with Gasteiger partial charge >= 0.3 is 0 Å². The number of halogens is 1. The molecule has 1 heterocycles. The third kappa shape index (κ3) is 1.88. The number of nitrogens with zero attached hydrogens (tertiary/aromatic N) is 2. The number of nitrogens with one attached hydrogen (secondary N) is 1. The summed E-state index contributed by atoms with van der Waals surface area (Å²) in [5.74, 6) is 0.756. The zero-order chi connectivity index (χ0) is 9.10. The number of H-pyrrole nitrogens is 1. The highest BCUT2D eigenvalue weighted by molar-refractivity contribution is 14.1. The lowest BCUT2D eigenvalue weighted by atomic mass is 10.1. The fourth-order valence-corrected chi connectivity index (χ4v) is 1.62. The van der Waals surface area contributed by atoms with Crippen molar-refractivity contribution in [1.82, 2.24) is 15.2 Å². The van der Waals surface area contributed by atoms with Gasteiger partial charge in [0.25, 0.3) is 0 Å². The summed E-state index contributed by atoms with van der Waals surface area (Å²) < 4.78 is 1.01. The molecule has 0 aliphatic heterocycles. The first-order valence-electron chi connectivity index (χ1n) is 3.91. The van der Waals surface area contributed by atoms with Crippen LogP contribution < -0.4 is 0 Å². The van der Waals surface area contributed by atoms with Gasteiger partial charge in [0, 0.05) is 9.99 Å². The first-order valence-corrected chi connectivity index (χ1v) is 5.44. The molecule has 0 amide bonds. The standard InChI is InChI=1S/C9H8IN3/c10-5-7-2-1-3-8(4-7)9-11-6-12-13-9/h1-4,6H,5H2,(H,11,12,13). The second kappa shape index (κ2) is 3.87. The maximum Gasteiger partial charge on any atom is 0.180 e. The molecule has 1 aromatic carbocycles. The van der Waals surface area contributed by atoms with E-state index >= 15 is 0 Å². The van der Waals surface area contributed by atoms with E-state index in [1.165, 1.54) is 5.56 Å². The Hall–Kier alpha value is -0.910. The Morgan fingerprint density at radius 1 is 1.38 bits per heavy atom. The monoisotopic (exact) mass is 285 g/mol. The number of rotatable bonds is 2. The maximum atomic E-state index is 4.09. The van der Waals surface area contributed by atoms with Crippen molar-refractivity contribution >= 4 is 22.6 Å². The van der Waals surface area contributed by atoms with Crippen LogP contribution in [0.2, 0.25) is 0 Å². The summed E-state index contributed by atoms with van der Waals surface area (Å²) in [6.07, 6.45) is 1.59. The van der Waals surface area contributed by atoms with Crippen molar-refractivity contribution in [3.8, 4) is 11.4 Å². The molecular formula is C9H8IN3. The zero-order valence-corrected chi connectivity index (χ0v) is 9.02. The highest BCUT2D eigenvalue weighted by atomic mass is 127. The number of hydrogen-bond acceptors (Lipinski definition) is 2. The van der Waals surface area contributed by atoms with E-state index < -0.39 is 0 Å². The molecule has 1 aromatic heterocycles. The molecule has 0 spiro atoms. The van der Waals surface area contributed by atoms with Crippen LogP contribution in [0.5, 0.6) is 0 Å². The van der Waals surface area contributed by atoms with Crippen LogP contribution in [0.3, 0.4) is 0 Å². The Bertz CT molecular complexity index is 384. The van der Waals surface area contributed by atoms with Gasteiger partial charge < -0.3 is 0 Å². The van der Waals surface area contributed by atoms with Crippen LogP contribution in [0.1, 0.15) is 5.56 Å². The molecule has 1 N–H and O–H groups in total. The molecule has 0 fully saturated rings. The third-order valence-corrected chi connectivity index (χ3v) is 2.64. The summed E-state index contributed by atoms with van der Waals surface area (Å²) in [7, 11) is 0. The van der Waals surface area contributed by atoms with E-state index in [0.717, 1.165) is 15.8 Å². The second-order valence-electron chi connectivity index (χ2n) is 2.66. The number of benzene rings is 1. The zero-order valence-electron chi connectivity index (χ0n) is 6.87. The van der Waals surface area contributed by atoms with Crippen LogP contribution in [0.4, 0.5) is 0 Å². The lowest BCUT2D eigenvalue weighted by Crippen LogP contribution is -1.83. The average Bonchev–Trinajstić information content (AvgIpc) is 2.71. The van der Waals surface area contributed by atoms with E-state index in [1.54, 1.807) is 6.33 Å². The summed E-state index contributed by atoms with van der Waals surface area (Å²) in [6, 6.07) is 8.25. The van der Waals surface area contributed by atoms with Crippen LogP contribution in [-0.4, -0.2) is 15.2 Å². The number of hydrogen-bond donors (Lipinski definition) is 1. The number of aromatic nitrogens is 3. The molecule has 2 aromatic rings. The van der Waals surface area contributed by atoms with Crippen LogP contribution in [0, 0.1) is 0 Å². The molecule has 0 unspecified atom stereocenters. The Balaban J connectivity index is 2.41. The summed E-state index contributed by atoms with van der Waals surface area (Å²) >= 11 is 2.34. The van der Waals surface area contributed by atoms with Crippen LogP contribution >= 0.6 is 22.6 Å². The van der Waals surface area contributed by atoms with Gasteiger partial charge in [-0.05, 0) is 11.6 Å². The first kappa shape index (κ1) is 8.68. The highest BCUT2D eigenvalue weighted by Gasteiger charge is 2.00. The Morgan fingerprint density at radius 2 is 2.31 bits per heavy atom. The quantitative estimate of drug-likeness (QED) is 0.680. The normalized spacial score (nSPS) is 10.2. The van der Waals surface area contributed by atoms with Crippen molar-refractivity contribution in [2.75, 3.05) is 0 Å². The largest absolute Gasteiger partial charge is 0.265 e. The van der Waals surface area contributed by atoms with Crippen molar-refractivity contribution in [2.24, 2.45) is 0 Å².